The molecule has 4 rings (SSSR count). The number of ether oxygens (including phenoxy) is 1. The molecule has 0 radical (unpaired) electrons. The topological polar surface area (TPSA) is 93.9 Å². The Morgan fingerprint density at radius 1 is 1.30 bits per heavy atom. The van der Waals surface area contributed by atoms with Gasteiger partial charge in [-0.2, -0.15) is 5.10 Å². The first kappa shape index (κ1) is 14.3. The SMILES string of the molecule is Cn1cc([C@H]2CC(=O)Nc3c2c(=O)[nH]n3C2CCOCC2)cn1. The van der Waals surface area contributed by atoms with E-state index in [9.17, 15) is 9.59 Å². The summed E-state index contributed by atoms with van der Waals surface area (Å²) in [6, 6.07) is 0.146. The highest BCUT2D eigenvalue weighted by molar-refractivity contribution is 5.94. The van der Waals surface area contributed by atoms with Crippen LogP contribution in [-0.4, -0.2) is 38.7 Å². The Labute approximate surface area is 132 Å². The Kier molecular flexibility index (Phi) is 3.33. The summed E-state index contributed by atoms with van der Waals surface area (Å²) in [4.78, 5) is 24.7. The van der Waals surface area contributed by atoms with Gasteiger partial charge < -0.3 is 10.1 Å². The lowest BCUT2D eigenvalue weighted by molar-refractivity contribution is -0.116. The van der Waals surface area contributed by atoms with Gasteiger partial charge in [-0.05, 0) is 18.4 Å². The quantitative estimate of drug-likeness (QED) is 0.854. The van der Waals surface area contributed by atoms with Crippen LogP contribution in [-0.2, 0) is 16.6 Å². The molecule has 2 aromatic heterocycles. The lowest BCUT2D eigenvalue weighted by Crippen LogP contribution is -2.28. The molecule has 0 aromatic carbocycles. The number of H-pyrrole nitrogens is 1. The van der Waals surface area contributed by atoms with Gasteiger partial charge in [0, 0.05) is 38.8 Å². The lowest BCUT2D eigenvalue weighted by Gasteiger charge is -2.27. The number of carbonyl (C=O) groups excluding carboxylic acids is 1. The predicted molar refractivity (Wildman–Crippen MR) is 82.4 cm³/mol. The normalized spacial score (nSPS) is 22.0. The Balaban J connectivity index is 1.80. The molecule has 8 nitrogen and oxygen atoms in total. The number of aromatic nitrogens is 4. The van der Waals surface area contributed by atoms with Crippen molar-refractivity contribution in [1.82, 2.24) is 19.6 Å². The molecule has 2 N–H and O–H groups in total. The van der Waals surface area contributed by atoms with E-state index in [-0.39, 0.29) is 29.8 Å². The fourth-order valence-electron chi connectivity index (χ4n) is 3.51. The van der Waals surface area contributed by atoms with Gasteiger partial charge in [0.25, 0.3) is 5.56 Å². The number of aryl methyl sites for hydroxylation is 1. The van der Waals surface area contributed by atoms with Crippen molar-refractivity contribution in [2.75, 3.05) is 18.5 Å². The largest absolute Gasteiger partial charge is 0.381 e. The van der Waals surface area contributed by atoms with Crippen LogP contribution in [0.5, 0.6) is 0 Å². The van der Waals surface area contributed by atoms with Crippen molar-refractivity contribution in [3.8, 4) is 0 Å². The molecule has 1 fully saturated rings. The first-order valence-corrected chi connectivity index (χ1v) is 7.84. The number of rotatable bonds is 2. The zero-order chi connectivity index (χ0) is 16.0. The summed E-state index contributed by atoms with van der Waals surface area (Å²) in [5.41, 5.74) is 1.38. The second-order valence-electron chi connectivity index (χ2n) is 6.17. The van der Waals surface area contributed by atoms with Crippen LogP contribution in [0.1, 0.15) is 42.3 Å². The Morgan fingerprint density at radius 3 is 2.78 bits per heavy atom. The Bertz CT molecular complexity index is 796. The minimum atomic E-state index is -0.253. The van der Waals surface area contributed by atoms with Crippen molar-refractivity contribution < 1.29 is 9.53 Å². The molecule has 2 aliphatic rings. The van der Waals surface area contributed by atoms with E-state index in [1.54, 1.807) is 10.9 Å². The Hall–Kier alpha value is -2.35. The molecule has 0 spiro atoms. The summed E-state index contributed by atoms with van der Waals surface area (Å²) in [6.45, 7) is 1.33. The molecule has 0 saturated carbocycles. The van der Waals surface area contributed by atoms with Gasteiger partial charge in [-0.15, -0.1) is 0 Å². The second-order valence-corrected chi connectivity index (χ2v) is 6.17. The number of amides is 1. The number of nitrogens with one attached hydrogen (secondary N) is 2. The van der Waals surface area contributed by atoms with Crippen LogP contribution in [0.3, 0.4) is 0 Å². The van der Waals surface area contributed by atoms with Gasteiger partial charge in [0.05, 0.1) is 17.8 Å². The maximum Gasteiger partial charge on any atom is 0.270 e. The summed E-state index contributed by atoms with van der Waals surface area (Å²) in [6.07, 6.45) is 5.49. The molecule has 1 atom stereocenters. The summed E-state index contributed by atoms with van der Waals surface area (Å²) in [7, 11) is 1.82. The third kappa shape index (κ3) is 2.39. The fraction of sp³-hybridized carbons (Fsp3) is 0.533. The van der Waals surface area contributed by atoms with E-state index in [1.165, 1.54) is 0 Å². The van der Waals surface area contributed by atoms with Crippen molar-refractivity contribution in [2.24, 2.45) is 7.05 Å². The summed E-state index contributed by atoms with van der Waals surface area (Å²) >= 11 is 0. The molecule has 8 heteroatoms. The summed E-state index contributed by atoms with van der Waals surface area (Å²) < 4.78 is 8.89. The number of nitrogens with zero attached hydrogens (tertiary/aromatic N) is 3. The predicted octanol–water partition coefficient (Wildman–Crippen LogP) is 0.735. The van der Waals surface area contributed by atoms with Crippen LogP contribution in [0.4, 0.5) is 5.82 Å². The van der Waals surface area contributed by atoms with Crippen LogP contribution in [0.15, 0.2) is 17.2 Å². The van der Waals surface area contributed by atoms with Gasteiger partial charge in [0.2, 0.25) is 5.91 Å². The highest BCUT2D eigenvalue weighted by atomic mass is 16.5. The molecular formula is C15H19N5O3. The third-order valence-electron chi connectivity index (χ3n) is 4.64. The average molecular weight is 317 g/mol. The minimum Gasteiger partial charge on any atom is -0.381 e. The standard InChI is InChI=1S/C15H19N5O3/c1-19-8-9(7-16-19)11-6-12(21)17-14-13(11)15(22)18-20(14)10-2-4-23-5-3-10/h7-8,10-11H,2-6H2,1H3,(H,17,21)(H,18,22)/t11-/m1/s1. The van der Waals surface area contributed by atoms with E-state index in [0.717, 1.165) is 18.4 Å². The number of anilines is 1. The van der Waals surface area contributed by atoms with Crippen molar-refractivity contribution in [3.63, 3.8) is 0 Å². The van der Waals surface area contributed by atoms with Crippen LogP contribution >= 0.6 is 0 Å². The second kappa shape index (κ2) is 5.38. The molecule has 2 aromatic rings. The molecular weight excluding hydrogens is 298 g/mol. The molecule has 2 aliphatic heterocycles. The van der Waals surface area contributed by atoms with Gasteiger partial charge in [-0.25, -0.2) is 0 Å². The number of fused-ring (bicyclic) bond motifs is 1. The molecule has 0 unspecified atom stereocenters. The van der Waals surface area contributed by atoms with E-state index in [2.05, 4.69) is 15.5 Å². The zero-order valence-electron chi connectivity index (χ0n) is 12.9. The van der Waals surface area contributed by atoms with E-state index < -0.39 is 0 Å². The van der Waals surface area contributed by atoms with Crippen LogP contribution < -0.4 is 10.9 Å². The van der Waals surface area contributed by atoms with Crippen molar-refractivity contribution in [2.45, 2.75) is 31.2 Å². The highest BCUT2D eigenvalue weighted by Gasteiger charge is 2.34. The molecule has 23 heavy (non-hydrogen) atoms. The van der Waals surface area contributed by atoms with Crippen molar-refractivity contribution in [3.05, 3.63) is 33.9 Å². The van der Waals surface area contributed by atoms with Gasteiger partial charge in [-0.3, -0.25) is 24.1 Å². The maximum atomic E-state index is 12.5. The molecule has 4 heterocycles. The third-order valence-corrected chi connectivity index (χ3v) is 4.64. The van der Waals surface area contributed by atoms with Crippen LogP contribution in [0, 0.1) is 0 Å². The fourth-order valence-corrected chi connectivity index (χ4v) is 3.51. The van der Waals surface area contributed by atoms with Gasteiger partial charge in [0.15, 0.2) is 0 Å². The van der Waals surface area contributed by atoms with Crippen molar-refractivity contribution >= 4 is 11.7 Å². The van der Waals surface area contributed by atoms with Gasteiger partial charge in [0.1, 0.15) is 5.82 Å². The molecule has 0 bridgehead atoms. The average Bonchev–Trinajstić information content (AvgIpc) is 3.12. The molecule has 1 saturated heterocycles. The van der Waals surface area contributed by atoms with E-state index in [1.807, 2.05) is 17.9 Å². The van der Waals surface area contributed by atoms with Gasteiger partial charge in [-0.1, -0.05) is 0 Å². The maximum absolute atomic E-state index is 12.5. The summed E-state index contributed by atoms with van der Waals surface area (Å²) in [5, 5.41) is 9.96. The Morgan fingerprint density at radius 2 is 2.09 bits per heavy atom. The monoisotopic (exact) mass is 317 g/mol. The molecule has 1 amide bonds. The number of aromatic amines is 1. The number of carbonyl (C=O) groups is 1. The number of hydrogen-bond acceptors (Lipinski definition) is 4. The first-order chi connectivity index (χ1) is 11.1. The molecule has 122 valence electrons. The van der Waals surface area contributed by atoms with Crippen LogP contribution in [0.2, 0.25) is 0 Å². The smallest absolute Gasteiger partial charge is 0.270 e. The highest BCUT2D eigenvalue weighted by Crippen LogP contribution is 2.36. The van der Waals surface area contributed by atoms with Gasteiger partial charge >= 0.3 is 0 Å². The molecule has 0 aliphatic carbocycles. The first-order valence-electron chi connectivity index (χ1n) is 7.84. The number of hydrogen-bond donors (Lipinski definition) is 2. The lowest BCUT2D eigenvalue weighted by atomic mass is 9.89. The van der Waals surface area contributed by atoms with E-state index in [4.69, 9.17) is 4.74 Å². The van der Waals surface area contributed by atoms with Crippen molar-refractivity contribution in [1.29, 1.82) is 0 Å². The van der Waals surface area contributed by atoms with E-state index in [0.29, 0.717) is 24.6 Å². The van der Waals surface area contributed by atoms with Crippen LogP contribution in [0.25, 0.3) is 0 Å². The summed E-state index contributed by atoms with van der Waals surface area (Å²) in [5.74, 6) is 0.274. The minimum absolute atomic E-state index is 0.0776. The van der Waals surface area contributed by atoms with E-state index >= 15 is 0 Å². The zero-order valence-corrected chi connectivity index (χ0v) is 12.9.